The zero-order valence-corrected chi connectivity index (χ0v) is 13.1. The average Bonchev–Trinajstić information content (AvgIpc) is 2.46. The van der Waals surface area contributed by atoms with E-state index in [-0.39, 0.29) is 0 Å². The van der Waals surface area contributed by atoms with E-state index in [2.05, 4.69) is 36.0 Å². The Hall–Kier alpha value is -1.49. The van der Waals surface area contributed by atoms with Crippen molar-refractivity contribution >= 4 is 11.5 Å². The van der Waals surface area contributed by atoms with Crippen LogP contribution in [0, 0.1) is 0 Å². The fourth-order valence-electron chi connectivity index (χ4n) is 2.15. The number of anilines is 2. The lowest BCUT2D eigenvalue weighted by Crippen LogP contribution is -2.26. The van der Waals surface area contributed by atoms with Gasteiger partial charge in [0.25, 0.3) is 0 Å². The number of nitrogens with zero attached hydrogens (tertiary/aromatic N) is 2. The summed E-state index contributed by atoms with van der Waals surface area (Å²) in [6.45, 7) is 9.92. The van der Waals surface area contributed by atoms with Crippen LogP contribution in [0.3, 0.4) is 0 Å². The molecular weight excluding hydrogens is 252 g/mol. The molecule has 5 heteroatoms. The topological polar surface area (TPSA) is 63.4 Å². The molecule has 1 unspecified atom stereocenters. The van der Waals surface area contributed by atoms with Crippen molar-refractivity contribution in [1.29, 1.82) is 0 Å². The summed E-state index contributed by atoms with van der Waals surface area (Å²) in [7, 11) is 1.61. The molecule has 5 nitrogen and oxygen atoms in total. The first-order valence-electron chi connectivity index (χ1n) is 7.40. The number of rotatable bonds is 9. The Morgan fingerprint density at radius 2 is 2.05 bits per heavy atom. The van der Waals surface area contributed by atoms with E-state index >= 15 is 0 Å². The minimum Gasteiger partial charge on any atom is -0.481 e. The number of pyridine rings is 1. The van der Waals surface area contributed by atoms with E-state index in [0.717, 1.165) is 26.1 Å². The van der Waals surface area contributed by atoms with Crippen molar-refractivity contribution in [3.63, 3.8) is 0 Å². The number of aromatic nitrogens is 1. The Morgan fingerprint density at radius 3 is 2.65 bits per heavy atom. The highest BCUT2D eigenvalue weighted by atomic mass is 16.5. The van der Waals surface area contributed by atoms with Gasteiger partial charge in [0.2, 0.25) is 5.88 Å². The summed E-state index contributed by atoms with van der Waals surface area (Å²) in [4.78, 5) is 6.77. The molecule has 0 radical (unpaired) electrons. The second-order valence-corrected chi connectivity index (χ2v) is 5.01. The zero-order valence-electron chi connectivity index (χ0n) is 13.1. The molecule has 0 amide bonds. The zero-order chi connectivity index (χ0) is 15.0. The van der Waals surface area contributed by atoms with E-state index in [0.29, 0.717) is 23.4 Å². The largest absolute Gasteiger partial charge is 0.481 e. The van der Waals surface area contributed by atoms with Gasteiger partial charge in [0, 0.05) is 12.1 Å². The fourth-order valence-corrected chi connectivity index (χ4v) is 2.15. The molecular formula is C15H28N4O. The van der Waals surface area contributed by atoms with Gasteiger partial charge in [-0.15, -0.1) is 0 Å². The number of nitrogen functional groups attached to an aromatic ring is 1. The molecule has 20 heavy (non-hydrogen) atoms. The molecule has 0 saturated heterocycles. The van der Waals surface area contributed by atoms with Gasteiger partial charge < -0.3 is 20.7 Å². The van der Waals surface area contributed by atoms with E-state index in [4.69, 9.17) is 10.5 Å². The summed E-state index contributed by atoms with van der Waals surface area (Å²) < 4.78 is 5.12. The van der Waals surface area contributed by atoms with Gasteiger partial charge in [-0.2, -0.15) is 4.98 Å². The minimum atomic E-state index is 0.340. The normalized spacial score (nSPS) is 12.4. The maximum atomic E-state index is 5.92. The molecule has 1 heterocycles. The molecule has 114 valence electrons. The Kier molecular flexibility index (Phi) is 7.15. The summed E-state index contributed by atoms with van der Waals surface area (Å²) >= 11 is 0. The predicted octanol–water partition coefficient (Wildman–Crippen LogP) is 2.59. The van der Waals surface area contributed by atoms with Crippen molar-refractivity contribution < 1.29 is 4.74 Å². The highest BCUT2D eigenvalue weighted by molar-refractivity contribution is 5.62. The van der Waals surface area contributed by atoms with Crippen LogP contribution in [-0.4, -0.2) is 42.7 Å². The summed E-state index contributed by atoms with van der Waals surface area (Å²) in [6.07, 6.45) is 2.26. The molecule has 1 aromatic rings. The van der Waals surface area contributed by atoms with Gasteiger partial charge in [0.05, 0.1) is 12.8 Å². The average molecular weight is 280 g/mol. The van der Waals surface area contributed by atoms with Gasteiger partial charge >= 0.3 is 0 Å². The summed E-state index contributed by atoms with van der Waals surface area (Å²) in [6, 6.07) is 3.93. The van der Waals surface area contributed by atoms with Crippen LogP contribution < -0.4 is 15.8 Å². The second-order valence-electron chi connectivity index (χ2n) is 5.01. The Bertz CT molecular complexity index is 393. The number of ether oxygens (including phenoxy) is 1. The van der Waals surface area contributed by atoms with Crippen LogP contribution in [0.15, 0.2) is 12.1 Å². The molecule has 0 fully saturated rings. The third-order valence-electron chi connectivity index (χ3n) is 3.50. The van der Waals surface area contributed by atoms with Crippen LogP contribution in [0.25, 0.3) is 0 Å². The molecule has 1 atom stereocenters. The molecule has 1 aromatic heterocycles. The Labute approximate surface area is 122 Å². The first-order chi connectivity index (χ1) is 9.60. The SMILES string of the molecule is CCN(CC)CCCC(C)Nc1nc(OC)ccc1N. The van der Waals surface area contributed by atoms with Gasteiger partial charge in [-0.25, -0.2) is 0 Å². The van der Waals surface area contributed by atoms with E-state index in [1.165, 1.54) is 6.42 Å². The highest BCUT2D eigenvalue weighted by Gasteiger charge is 2.08. The summed E-state index contributed by atoms with van der Waals surface area (Å²) in [5, 5.41) is 3.36. The van der Waals surface area contributed by atoms with Crippen molar-refractivity contribution in [2.24, 2.45) is 0 Å². The first-order valence-corrected chi connectivity index (χ1v) is 7.40. The quantitative estimate of drug-likeness (QED) is 0.728. The van der Waals surface area contributed by atoms with Crippen LogP contribution in [-0.2, 0) is 0 Å². The lowest BCUT2D eigenvalue weighted by Gasteiger charge is -2.20. The lowest BCUT2D eigenvalue weighted by molar-refractivity contribution is 0.295. The maximum absolute atomic E-state index is 5.92. The van der Waals surface area contributed by atoms with Crippen LogP contribution in [0.5, 0.6) is 5.88 Å². The van der Waals surface area contributed by atoms with Crippen LogP contribution in [0.2, 0.25) is 0 Å². The number of methoxy groups -OCH3 is 1. The van der Waals surface area contributed by atoms with Crippen molar-refractivity contribution in [2.45, 2.75) is 39.7 Å². The van der Waals surface area contributed by atoms with Gasteiger partial charge in [-0.05, 0) is 45.5 Å². The van der Waals surface area contributed by atoms with E-state index in [1.807, 2.05) is 6.07 Å². The van der Waals surface area contributed by atoms with Gasteiger partial charge in [0.15, 0.2) is 5.82 Å². The third-order valence-corrected chi connectivity index (χ3v) is 3.50. The standard InChI is InChI=1S/C15H28N4O/c1-5-19(6-2)11-7-8-12(3)17-15-13(16)9-10-14(18-15)20-4/h9-10,12H,5-8,11,16H2,1-4H3,(H,17,18). The molecule has 0 bridgehead atoms. The third kappa shape index (κ3) is 5.25. The molecule has 0 aliphatic rings. The predicted molar refractivity (Wildman–Crippen MR) is 85.3 cm³/mol. The van der Waals surface area contributed by atoms with Crippen LogP contribution in [0.4, 0.5) is 11.5 Å². The number of nitrogens with one attached hydrogen (secondary N) is 1. The van der Waals surface area contributed by atoms with Crippen molar-refractivity contribution in [1.82, 2.24) is 9.88 Å². The van der Waals surface area contributed by atoms with Gasteiger partial charge in [-0.1, -0.05) is 13.8 Å². The fraction of sp³-hybridized carbons (Fsp3) is 0.667. The van der Waals surface area contributed by atoms with Crippen LogP contribution >= 0.6 is 0 Å². The molecule has 1 rings (SSSR count). The number of nitrogens with two attached hydrogens (primary N) is 1. The van der Waals surface area contributed by atoms with Crippen molar-refractivity contribution in [3.8, 4) is 5.88 Å². The summed E-state index contributed by atoms with van der Waals surface area (Å²) in [5.74, 6) is 1.29. The van der Waals surface area contributed by atoms with Crippen LogP contribution in [0.1, 0.15) is 33.6 Å². The highest BCUT2D eigenvalue weighted by Crippen LogP contribution is 2.20. The van der Waals surface area contributed by atoms with E-state index in [9.17, 15) is 0 Å². The minimum absolute atomic E-state index is 0.340. The number of hydrogen-bond acceptors (Lipinski definition) is 5. The van der Waals surface area contributed by atoms with Gasteiger partial charge in [-0.3, -0.25) is 0 Å². The Morgan fingerprint density at radius 1 is 1.35 bits per heavy atom. The molecule has 0 aliphatic heterocycles. The van der Waals surface area contributed by atoms with Crippen molar-refractivity contribution in [3.05, 3.63) is 12.1 Å². The number of hydrogen-bond donors (Lipinski definition) is 2. The molecule has 0 spiro atoms. The van der Waals surface area contributed by atoms with Crippen molar-refractivity contribution in [2.75, 3.05) is 37.8 Å². The Balaban J connectivity index is 2.44. The maximum Gasteiger partial charge on any atom is 0.215 e. The van der Waals surface area contributed by atoms with E-state index < -0.39 is 0 Å². The first kappa shape index (κ1) is 16.6. The second kappa shape index (κ2) is 8.64. The molecule has 0 aromatic carbocycles. The smallest absolute Gasteiger partial charge is 0.215 e. The van der Waals surface area contributed by atoms with Gasteiger partial charge in [0.1, 0.15) is 0 Å². The monoisotopic (exact) mass is 280 g/mol. The summed E-state index contributed by atoms with van der Waals surface area (Å²) in [5.41, 5.74) is 6.58. The lowest BCUT2D eigenvalue weighted by atomic mass is 10.1. The molecule has 3 N–H and O–H groups in total. The van der Waals surface area contributed by atoms with E-state index in [1.54, 1.807) is 13.2 Å². The molecule has 0 saturated carbocycles. The molecule has 0 aliphatic carbocycles.